The third kappa shape index (κ3) is 31.9. The van der Waals surface area contributed by atoms with E-state index >= 15 is 0 Å². The van der Waals surface area contributed by atoms with Gasteiger partial charge in [-0.15, -0.1) is 0 Å². The first-order chi connectivity index (χ1) is 22.2. The number of aliphatic hydroxyl groups is 2. The lowest BCUT2D eigenvalue weighted by Gasteiger charge is -2.24. The number of unbranched alkanes of at least 4 members (excludes halogenated alkanes) is 27. The Labute approximate surface area is 285 Å². The molecule has 0 rings (SSSR count). The van der Waals surface area contributed by atoms with Crippen molar-refractivity contribution in [3.05, 3.63) is 0 Å². The highest BCUT2D eigenvalue weighted by atomic mass is 32.2. The second kappa shape index (κ2) is 32.8. The summed E-state index contributed by atoms with van der Waals surface area (Å²) in [7, 11) is -4.40. The summed E-state index contributed by atoms with van der Waals surface area (Å²) in [6, 6.07) is -1.14. The number of carbonyl (C=O) groups is 1. The molecular weight excluding hydrogens is 598 g/mol. The highest BCUT2D eigenvalue weighted by Gasteiger charge is 2.28. The van der Waals surface area contributed by atoms with Crippen LogP contribution in [0.4, 0.5) is 0 Å². The molecule has 0 spiro atoms. The first kappa shape index (κ1) is 45.3. The van der Waals surface area contributed by atoms with Crippen molar-refractivity contribution in [3.8, 4) is 0 Å². The second-order valence-corrected chi connectivity index (χ2v) is 15.6. The maximum absolute atomic E-state index is 12.6. The van der Waals surface area contributed by atoms with Crippen LogP contribution in [0.15, 0.2) is 0 Å². The summed E-state index contributed by atoms with van der Waals surface area (Å²) in [5, 5.41) is 23.4. The van der Waals surface area contributed by atoms with Gasteiger partial charge >= 0.3 is 0 Å². The second-order valence-electron chi connectivity index (χ2n) is 14.1. The largest absolute Gasteiger partial charge is 0.391 e. The van der Waals surface area contributed by atoms with Crippen LogP contribution in [-0.2, 0) is 14.9 Å². The molecule has 4 N–H and O–H groups in total. The molecule has 0 aliphatic carbocycles. The van der Waals surface area contributed by atoms with Gasteiger partial charge in [0.1, 0.15) is 6.10 Å². The average molecular weight is 676 g/mol. The minimum atomic E-state index is -4.40. The topological polar surface area (TPSA) is 124 Å². The van der Waals surface area contributed by atoms with E-state index in [1.165, 1.54) is 141 Å². The molecule has 3 atom stereocenters. The first-order valence-corrected chi connectivity index (χ1v) is 21.4. The van der Waals surface area contributed by atoms with Crippen LogP contribution in [0.1, 0.15) is 213 Å². The molecule has 0 aromatic heterocycles. The molecule has 0 fully saturated rings. The van der Waals surface area contributed by atoms with Crippen LogP contribution < -0.4 is 5.32 Å². The molecule has 0 radical (unpaired) electrons. The summed E-state index contributed by atoms with van der Waals surface area (Å²) in [5.41, 5.74) is 0. The van der Waals surface area contributed by atoms with E-state index in [0.29, 0.717) is 12.8 Å². The molecule has 1 amide bonds. The minimum Gasteiger partial charge on any atom is -0.391 e. The van der Waals surface area contributed by atoms with Crippen molar-refractivity contribution >= 4 is 16.0 Å². The Kier molecular flexibility index (Phi) is 32.3. The van der Waals surface area contributed by atoms with E-state index in [0.717, 1.165) is 44.9 Å². The number of amides is 1. The fourth-order valence-corrected chi connectivity index (χ4v) is 7.10. The van der Waals surface area contributed by atoms with E-state index in [1.54, 1.807) is 0 Å². The molecule has 0 aromatic carbocycles. The van der Waals surface area contributed by atoms with Gasteiger partial charge in [0.05, 0.1) is 17.9 Å². The van der Waals surface area contributed by atoms with Crippen molar-refractivity contribution < 1.29 is 28.0 Å². The molecule has 0 bridgehead atoms. The Bertz CT molecular complexity index is 762. The Morgan fingerprint density at radius 1 is 0.500 bits per heavy atom. The van der Waals surface area contributed by atoms with Crippen LogP contribution >= 0.6 is 0 Å². The lowest BCUT2D eigenvalue weighted by atomic mass is 10.0. The average Bonchev–Trinajstić information content (AvgIpc) is 3.01. The van der Waals surface area contributed by atoms with Gasteiger partial charge in [-0.2, -0.15) is 8.42 Å². The Hall–Kier alpha value is -0.700. The van der Waals surface area contributed by atoms with Gasteiger partial charge in [-0.1, -0.05) is 200 Å². The van der Waals surface area contributed by atoms with E-state index in [-0.39, 0.29) is 0 Å². The molecule has 8 heteroatoms. The smallest absolute Gasteiger partial charge is 0.266 e. The fourth-order valence-electron chi connectivity index (χ4n) is 6.34. The molecule has 0 saturated heterocycles. The minimum absolute atomic E-state index is 0.303. The number of nitrogens with one attached hydrogen (secondary N) is 1. The SMILES string of the molecule is CCCCCCCCCCCCCCCCCCCCCC(O)C(=O)NC(CS(=O)(=O)O)C(O)CCCCCCCCCCCC. The first-order valence-electron chi connectivity index (χ1n) is 19.8. The fraction of sp³-hybridized carbons (Fsp3) is 0.974. The van der Waals surface area contributed by atoms with Crippen molar-refractivity contribution in [1.82, 2.24) is 5.32 Å². The zero-order chi connectivity index (χ0) is 34.1. The standard InChI is InChI=1S/C38H77NO6S/c1-3-5-7-9-11-13-15-16-17-18-19-20-21-22-23-25-27-29-31-33-37(41)38(42)39-35(34-46(43,44)45)36(40)32-30-28-26-24-14-12-10-8-6-4-2/h35-37,40-41H,3-34H2,1-2H3,(H,39,42)(H,43,44,45). The van der Waals surface area contributed by atoms with Gasteiger partial charge in [0, 0.05) is 0 Å². The van der Waals surface area contributed by atoms with E-state index in [2.05, 4.69) is 19.2 Å². The van der Waals surface area contributed by atoms with Crippen molar-refractivity contribution in [2.45, 2.75) is 231 Å². The van der Waals surface area contributed by atoms with Gasteiger partial charge in [-0.3, -0.25) is 9.35 Å². The Morgan fingerprint density at radius 2 is 0.783 bits per heavy atom. The summed E-state index contributed by atoms with van der Waals surface area (Å²) in [4.78, 5) is 12.6. The molecule has 276 valence electrons. The molecular formula is C38H77NO6S. The predicted molar refractivity (Wildman–Crippen MR) is 195 cm³/mol. The van der Waals surface area contributed by atoms with E-state index in [9.17, 15) is 28.0 Å². The van der Waals surface area contributed by atoms with E-state index < -0.39 is 40.0 Å². The number of aliphatic hydroxyl groups excluding tert-OH is 2. The maximum Gasteiger partial charge on any atom is 0.266 e. The van der Waals surface area contributed by atoms with Crippen LogP contribution in [0, 0.1) is 0 Å². The number of hydrogen-bond acceptors (Lipinski definition) is 5. The predicted octanol–water partition coefficient (Wildman–Crippen LogP) is 10.2. The van der Waals surface area contributed by atoms with Crippen LogP contribution in [0.25, 0.3) is 0 Å². The molecule has 0 aliphatic rings. The maximum atomic E-state index is 12.6. The van der Waals surface area contributed by atoms with Crippen molar-refractivity contribution in [2.75, 3.05) is 5.75 Å². The number of carbonyl (C=O) groups excluding carboxylic acids is 1. The zero-order valence-corrected chi connectivity index (χ0v) is 31.2. The molecule has 46 heavy (non-hydrogen) atoms. The summed E-state index contributed by atoms with van der Waals surface area (Å²) < 4.78 is 32.4. The zero-order valence-electron chi connectivity index (χ0n) is 30.3. The van der Waals surface area contributed by atoms with E-state index in [1.807, 2.05) is 0 Å². The summed E-state index contributed by atoms with van der Waals surface area (Å²) in [6.45, 7) is 4.48. The van der Waals surface area contributed by atoms with Gasteiger partial charge in [0.2, 0.25) is 5.91 Å². The van der Waals surface area contributed by atoms with Gasteiger partial charge in [-0.25, -0.2) is 0 Å². The Morgan fingerprint density at radius 3 is 1.09 bits per heavy atom. The van der Waals surface area contributed by atoms with Gasteiger partial charge < -0.3 is 15.5 Å². The van der Waals surface area contributed by atoms with Crippen LogP contribution in [-0.4, -0.2) is 53.1 Å². The lowest BCUT2D eigenvalue weighted by molar-refractivity contribution is -0.131. The van der Waals surface area contributed by atoms with Crippen LogP contribution in [0.3, 0.4) is 0 Å². The van der Waals surface area contributed by atoms with Crippen molar-refractivity contribution in [2.24, 2.45) is 0 Å². The molecule has 0 aliphatic heterocycles. The molecule has 3 unspecified atom stereocenters. The van der Waals surface area contributed by atoms with Gasteiger partial charge in [0.15, 0.2) is 0 Å². The van der Waals surface area contributed by atoms with Gasteiger partial charge in [-0.05, 0) is 12.8 Å². The number of rotatable bonds is 36. The molecule has 7 nitrogen and oxygen atoms in total. The van der Waals surface area contributed by atoms with E-state index in [4.69, 9.17) is 0 Å². The van der Waals surface area contributed by atoms with Crippen LogP contribution in [0.2, 0.25) is 0 Å². The van der Waals surface area contributed by atoms with Gasteiger partial charge in [0.25, 0.3) is 10.1 Å². The van der Waals surface area contributed by atoms with Crippen molar-refractivity contribution in [1.29, 1.82) is 0 Å². The molecule has 0 heterocycles. The highest BCUT2D eigenvalue weighted by molar-refractivity contribution is 7.85. The third-order valence-electron chi connectivity index (χ3n) is 9.42. The third-order valence-corrected chi connectivity index (χ3v) is 10.2. The monoisotopic (exact) mass is 676 g/mol. The number of hydrogen-bond donors (Lipinski definition) is 4. The van der Waals surface area contributed by atoms with Crippen molar-refractivity contribution in [3.63, 3.8) is 0 Å². The quantitative estimate of drug-likeness (QED) is 0.0387. The molecule has 0 saturated carbocycles. The Balaban J connectivity index is 3.90. The van der Waals surface area contributed by atoms with Crippen LogP contribution in [0.5, 0.6) is 0 Å². The summed E-state index contributed by atoms with van der Waals surface area (Å²) in [5.74, 6) is -1.44. The summed E-state index contributed by atoms with van der Waals surface area (Å²) >= 11 is 0. The summed E-state index contributed by atoms with van der Waals surface area (Å²) in [6.07, 6.45) is 34.2. The normalized spacial score (nSPS) is 13.9. The highest BCUT2D eigenvalue weighted by Crippen LogP contribution is 2.16. The molecule has 0 aromatic rings. The lowest BCUT2D eigenvalue weighted by Crippen LogP contribution is -2.50.